The summed E-state index contributed by atoms with van der Waals surface area (Å²) in [5.74, 6) is -0.0823. The summed E-state index contributed by atoms with van der Waals surface area (Å²) in [6, 6.07) is 7.20. The molecule has 1 aromatic rings. The monoisotopic (exact) mass is 376 g/mol. The van der Waals surface area contributed by atoms with Crippen molar-refractivity contribution in [2.24, 2.45) is 5.41 Å². The highest BCUT2D eigenvalue weighted by atomic mass is 16.5. The van der Waals surface area contributed by atoms with Crippen LogP contribution in [0.3, 0.4) is 0 Å². The zero-order chi connectivity index (χ0) is 19.7. The van der Waals surface area contributed by atoms with E-state index in [1.807, 2.05) is 26.0 Å². The number of ether oxygens (including phenoxy) is 1. The van der Waals surface area contributed by atoms with Crippen LogP contribution in [0.15, 0.2) is 24.3 Å². The SMILES string of the molecule is COCC1(CNC(=O)c2ccc(CNC(=O)NC(C)C)cc2)CCNCC1. The lowest BCUT2D eigenvalue weighted by atomic mass is 9.79. The van der Waals surface area contributed by atoms with Crippen molar-refractivity contribution in [3.8, 4) is 0 Å². The van der Waals surface area contributed by atoms with Gasteiger partial charge in [-0.05, 0) is 57.5 Å². The number of methoxy groups -OCH3 is 1. The molecule has 0 unspecified atom stereocenters. The summed E-state index contributed by atoms with van der Waals surface area (Å²) in [6.45, 7) is 7.40. The maximum atomic E-state index is 12.5. The van der Waals surface area contributed by atoms with E-state index >= 15 is 0 Å². The van der Waals surface area contributed by atoms with Gasteiger partial charge in [0.25, 0.3) is 5.91 Å². The molecule has 1 heterocycles. The van der Waals surface area contributed by atoms with E-state index in [-0.39, 0.29) is 23.4 Å². The summed E-state index contributed by atoms with van der Waals surface area (Å²) in [5.41, 5.74) is 1.56. The summed E-state index contributed by atoms with van der Waals surface area (Å²) >= 11 is 0. The third kappa shape index (κ3) is 6.84. The molecule has 1 aliphatic rings. The second-order valence-corrected chi connectivity index (χ2v) is 7.54. The number of hydrogen-bond acceptors (Lipinski definition) is 4. The molecule has 7 heteroatoms. The number of hydrogen-bond donors (Lipinski definition) is 4. The fourth-order valence-corrected chi connectivity index (χ4v) is 3.27. The average Bonchev–Trinajstić information content (AvgIpc) is 2.65. The van der Waals surface area contributed by atoms with Gasteiger partial charge < -0.3 is 26.0 Å². The van der Waals surface area contributed by atoms with Crippen LogP contribution in [-0.4, -0.2) is 51.3 Å². The Kier molecular flexibility index (Phi) is 8.06. The van der Waals surface area contributed by atoms with Crippen LogP contribution in [0.4, 0.5) is 4.79 Å². The molecular weight excluding hydrogens is 344 g/mol. The summed E-state index contributed by atoms with van der Waals surface area (Å²) in [4.78, 5) is 24.1. The van der Waals surface area contributed by atoms with Crippen LogP contribution >= 0.6 is 0 Å². The van der Waals surface area contributed by atoms with Crippen LogP contribution in [-0.2, 0) is 11.3 Å². The van der Waals surface area contributed by atoms with Crippen LogP contribution in [0.2, 0.25) is 0 Å². The first kappa shape index (κ1) is 21.2. The van der Waals surface area contributed by atoms with E-state index in [1.54, 1.807) is 19.2 Å². The maximum Gasteiger partial charge on any atom is 0.315 e. The van der Waals surface area contributed by atoms with Crippen LogP contribution in [0.25, 0.3) is 0 Å². The van der Waals surface area contributed by atoms with Gasteiger partial charge in [-0.15, -0.1) is 0 Å². The number of rotatable bonds is 8. The zero-order valence-electron chi connectivity index (χ0n) is 16.6. The highest BCUT2D eigenvalue weighted by molar-refractivity contribution is 5.94. The molecule has 0 aromatic heterocycles. The molecule has 0 saturated carbocycles. The van der Waals surface area contributed by atoms with Gasteiger partial charge >= 0.3 is 6.03 Å². The molecule has 3 amide bonds. The molecule has 1 fully saturated rings. The van der Waals surface area contributed by atoms with Gasteiger partial charge in [0, 0.05) is 37.2 Å². The molecule has 1 aromatic carbocycles. The van der Waals surface area contributed by atoms with Gasteiger partial charge in [0.15, 0.2) is 0 Å². The highest BCUT2D eigenvalue weighted by Crippen LogP contribution is 2.28. The standard InChI is InChI=1S/C20H32N4O3/c1-15(2)24-19(26)22-12-16-4-6-17(7-5-16)18(25)23-13-20(14-27-3)8-10-21-11-9-20/h4-7,15,21H,8-14H2,1-3H3,(H,23,25)(H2,22,24,26). The van der Waals surface area contributed by atoms with Gasteiger partial charge in [0.1, 0.15) is 0 Å². The van der Waals surface area contributed by atoms with Crippen LogP contribution < -0.4 is 21.3 Å². The molecular formula is C20H32N4O3. The van der Waals surface area contributed by atoms with Crippen molar-refractivity contribution < 1.29 is 14.3 Å². The van der Waals surface area contributed by atoms with Gasteiger partial charge in [0.2, 0.25) is 0 Å². The van der Waals surface area contributed by atoms with E-state index in [0.717, 1.165) is 31.5 Å². The Balaban J connectivity index is 1.84. The Bertz CT molecular complexity index is 605. The Labute approximate surface area is 161 Å². The first-order valence-electron chi connectivity index (χ1n) is 9.55. The van der Waals surface area contributed by atoms with Gasteiger partial charge in [-0.3, -0.25) is 4.79 Å². The van der Waals surface area contributed by atoms with Gasteiger partial charge in [-0.1, -0.05) is 12.1 Å². The van der Waals surface area contributed by atoms with Crippen molar-refractivity contribution in [2.45, 2.75) is 39.3 Å². The van der Waals surface area contributed by atoms with Crippen molar-refractivity contribution in [1.82, 2.24) is 21.3 Å². The minimum absolute atomic E-state index is 0.00327. The smallest absolute Gasteiger partial charge is 0.315 e. The predicted octanol–water partition coefficient (Wildman–Crippen LogP) is 1.64. The van der Waals surface area contributed by atoms with Crippen LogP contribution in [0, 0.1) is 5.41 Å². The molecule has 1 aliphatic heterocycles. The lowest BCUT2D eigenvalue weighted by Gasteiger charge is -2.37. The summed E-state index contributed by atoms with van der Waals surface area (Å²) < 4.78 is 5.39. The van der Waals surface area contributed by atoms with Gasteiger partial charge in [-0.2, -0.15) is 0 Å². The Hall–Kier alpha value is -2.12. The summed E-state index contributed by atoms with van der Waals surface area (Å²) in [6.07, 6.45) is 1.98. The quantitative estimate of drug-likeness (QED) is 0.555. The number of piperidine rings is 1. The summed E-state index contributed by atoms with van der Waals surface area (Å²) in [7, 11) is 1.71. The van der Waals surface area contributed by atoms with Crippen molar-refractivity contribution in [2.75, 3.05) is 33.4 Å². The molecule has 0 aliphatic carbocycles. The topological polar surface area (TPSA) is 91.5 Å². The number of urea groups is 1. The molecule has 2 rings (SSSR count). The van der Waals surface area contributed by atoms with E-state index in [0.29, 0.717) is 25.3 Å². The molecule has 0 spiro atoms. The van der Waals surface area contributed by atoms with Crippen molar-refractivity contribution in [3.63, 3.8) is 0 Å². The van der Waals surface area contributed by atoms with Crippen LogP contribution in [0.1, 0.15) is 42.6 Å². The minimum atomic E-state index is -0.197. The first-order chi connectivity index (χ1) is 12.9. The second-order valence-electron chi connectivity index (χ2n) is 7.54. The molecule has 7 nitrogen and oxygen atoms in total. The third-order valence-corrected chi connectivity index (χ3v) is 4.83. The maximum absolute atomic E-state index is 12.5. The first-order valence-corrected chi connectivity index (χ1v) is 9.55. The summed E-state index contributed by atoms with van der Waals surface area (Å²) in [5, 5.41) is 12.0. The Morgan fingerprint density at radius 2 is 1.81 bits per heavy atom. The minimum Gasteiger partial charge on any atom is -0.384 e. The van der Waals surface area contributed by atoms with Gasteiger partial charge in [0.05, 0.1) is 6.61 Å². The van der Waals surface area contributed by atoms with E-state index in [4.69, 9.17) is 4.74 Å². The molecule has 1 saturated heterocycles. The van der Waals surface area contributed by atoms with E-state index in [1.165, 1.54) is 0 Å². The number of benzene rings is 1. The fourth-order valence-electron chi connectivity index (χ4n) is 3.27. The predicted molar refractivity (Wildman–Crippen MR) is 106 cm³/mol. The molecule has 0 radical (unpaired) electrons. The van der Waals surface area contributed by atoms with Gasteiger partial charge in [-0.25, -0.2) is 4.79 Å². The number of nitrogens with one attached hydrogen (secondary N) is 4. The van der Waals surface area contributed by atoms with Crippen molar-refractivity contribution in [1.29, 1.82) is 0 Å². The molecule has 27 heavy (non-hydrogen) atoms. The van der Waals surface area contributed by atoms with E-state index < -0.39 is 0 Å². The molecule has 150 valence electrons. The van der Waals surface area contributed by atoms with Crippen molar-refractivity contribution >= 4 is 11.9 Å². The number of carbonyl (C=O) groups excluding carboxylic acids is 2. The lowest BCUT2D eigenvalue weighted by molar-refractivity contribution is 0.0512. The zero-order valence-corrected chi connectivity index (χ0v) is 16.6. The number of carbonyl (C=O) groups is 2. The largest absolute Gasteiger partial charge is 0.384 e. The highest BCUT2D eigenvalue weighted by Gasteiger charge is 2.32. The van der Waals surface area contributed by atoms with Crippen molar-refractivity contribution in [3.05, 3.63) is 35.4 Å². The van der Waals surface area contributed by atoms with E-state index in [2.05, 4.69) is 21.3 Å². The Morgan fingerprint density at radius 1 is 1.15 bits per heavy atom. The Morgan fingerprint density at radius 3 is 2.41 bits per heavy atom. The second kappa shape index (κ2) is 10.3. The fraction of sp³-hybridized carbons (Fsp3) is 0.600. The lowest BCUT2D eigenvalue weighted by Crippen LogP contribution is -2.47. The normalized spacial score (nSPS) is 16.0. The van der Waals surface area contributed by atoms with E-state index in [9.17, 15) is 9.59 Å². The molecule has 4 N–H and O–H groups in total. The van der Waals surface area contributed by atoms with Crippen LogP contribution in [0.5, 0.6) is 0 Å². The third-order valence-electron chi connectivity index (χ3n) is 4.83. The molecule has 0 bridgehead atoms. The number of amides is 3. The molecule has 0 atom stereocenters. The average molecular weight is 377 g/mol.